The van der Waals surface area contributed by atoms with E-state index in [1.165, 1.54) is 28.7 Å². The minimum absolute atomic E-state index is 0.0918. The van der Waals surface area contributed by atoms with Crippen LogP contribution in [0.15, 0.2) is 125 Å². The van der Waals surface area contributed by atoms with Crippen LogP contribution in [0.3, 0.4) is 0 Å². The van der Waals surface area contributed by atoms with Crippen molar-refractivity contribution in [2.45, 2.75) is 43.3 Å². The molecule has 1 aromatic heterocycles. The molecule has 0 aliphatic carbocycles. The predicted octanol–water partition coefficient (Wildman–Crippen LogP) is 9.33. The van der Waals surface area contributed by atoms with E-state index in [1.54, 1.807) is 48.5 Å². The first-order valence-corrected chi connectivity index (χ1v) is 17.7. The van der Waals surface area contributed by atoms with Crippen LogP contribution in [-0.4, -0.2) is 23.0 Å². The number of thiophene rings is 1. The lowest BCUT2D eigenvalue weighted by molar-refractivity contribution is -0.116. The molecule has 0 bridgehead atoms. The Hall–Kier alpha value is -5.43. The van der Waals surface area contributed by atoms with Gasteiger partial charge in [0.05, 0.1) is 10.8 Å². The van der Waals surface area contributed by atoms with E-state index >= 15 is 0 Å². The summed E-state index contributed by atoms with van der Waals surface area (Å²) in [4.78, 5) is 40.9. The van der Waals surface area contributed by atoms with Gasteiger partial charge in [0.2, 0.25) is 5.91 Å². The van der Waals surface area contributed by atoms with Gasteiger partial charge in [-0.3, -0.25) is 14.4 Å². The average Bonchev–Trinajstić information content (AvgIpc) is 3.53. The lowest BCUT2D eigenvalue weighted by atomic mass is 10.0. The number of thioether (sulfide) groups is 1. The van der Waals surface area contributed by atoms with Gasteiger partial charge in [-0.25, -0.2) is 0 Å². The van der Waals surface area contributed by atoms with E-state index in [0.717, 1.165) is 21.6 Å². The Morgan fingerprint density at radius 3 is 2.22 bits per heavy atom. The first-order valence-electron chi connectivity index (χ1n) is 15.9. The molecule has 0 saturated carbocycles. The molecule has 0 aliphatic heterocycles. The first-order chi connectivity index (χ1) is 23.7. The van der Waals surface area contributed by atoms with Crippen LogP contribution < -0.4 is 16.0 Å². The number of nitrogens with zero attached hydrogens (tertiary/aromatic N) is 1. The second-order valence-electron chi connectivity index (χ2n) is 11.5. The van der Waals surface area contributed by atoms with Gasteiger partial charge in [-0.05, 0) is 65.4 Å². The number of carbonyl (C=O) groups is 3. The standard InChI is InChI=1S/C40H36N4O3S2/c1-4-36(39(47)44-40-33(24-41)34(25-48-40)29-12-7-5-8-13-29)49-32-17-11-16-31(23-32)42-38(46)35(43-37(45)30-14-9-6-10-15-30)22-27-18-20-28(21-19-27)26(2)3/h5-23,25-26,36H,4H2,1-3H3,(H,42,46)(H,43,45)(H,44,47)/b35-22+. The molecule has 4 aromatic carbocycles. The maximum absolute atomic E-state index is 13.6. The van der Waals surface area contributed by atoms with Crippen molar-refractivity contribution in [3.8, 4) is 17.2 Å². The van der Waals surface area contributed by atoms with E-state index in [4.69, 9.17) is 0 Å². The molecule has 0 aliphatic rings. The highest BCUT2D eigenvalue weighted by Gasteiger charge is 2.22. The van der Waals surface area contributed by atoms with Crippen LogP contribution in [0.5, 0.6) is 0 Å². The first kappa shape index (κ1) is 34.9. The van der Waals surface area contributed by atoms with Crippen molar-refractivity contribution in [1.82, 2.24) is 5.32 Å². The molecule has 5 rings (SSSR count). The van der Waals surface area contributed by atoms with Gasteiger partial charge in [0, 0.05) is 27.1 Å². The minimum atomic E-state index is -0.486. The van der Waals surface area contributed by atoms with Crippen molar-refractivity contribution in [3.05, 3.63) is 143 Å². The molecule has 0 fully saturated rings. The molecular formula is C40H36N4O3S2. The van der Waals surface area contributed by atoms with E-state index in [-0.39, 0.29) is 11.6 Å². The lowest BCUT2D eigenvalue weighted by Gasteiger charge is -2.16. The van der Waals surface area contributed by atoms with Crippen molar-refractivity contribution in [2.24, 2.45) is 0 Å². The Morgan fingerprint density at radius 2 is 1.57 bits per heavy atom. The maximum atomic E-state index is 13.6. The molecule has 7 nitrogen and oxygen atoms in total. The van der Waals surface area contributed by atoms with E-state index < -0.39 is 17.1 Å². The van der Waals surface area contributed by atoms with Gasteiger partial charge in [-0.2, -0.15) is 5.26 Å². The number of anilines is 2. The lowest BCUT2D eigenvalue weighted by Crippen LogP contribution is -2.30. The minimum Gasteiger partial charge on any atom is -0.321 e. The Kier molecular flexibility index (Phi) is 11.8. The predicted molar refractivity (Wildman–Crippen MR) is 201 cm³/mol. The Labute approximate surface area is 295 Å². The summed E-state index contributed by atoms with van der Waals surface area (Å²) in [5.41, 5.74) is 5.11. The number of nitriles is 1. The number of carbonyl (C=O) groups excluding carboxylic acids is 3. The van der Waals surface area contributed by atoms with Gasteiger partial charge in [0.1, 0.15) is 16.8 Å². The number of benzene rings is 4. The van der Waals surface area contributed by atoms with Crippen LogP contribution in [0.4, 0.5) is 10.7 Å². The normalized spacial score (nSPS) is 11.8. The molecule has 1 atom stereocenters. The molecule has 3 N–H and O–H groups in total. The molecular weight excluding hydrogens is 649 g/mol. The second-order valence-corrected chi connectivity index (χ2v) is 13.7. The summed E-state index contributed by atoms with van der Waals surface area (Å²) >= 11 is 2.70. The summed E-state index contributed by atoms with van der Waals surface area (Å²) in [6.07, 6.45) is 2.19. The number of rotatable bonds is 12. The van der Waals surface area contributed by atoms with Crippen molar-refractivity contribution in [1.29, 1.82) is 5.26 Å². The highest BCUT2D eigenvalue weighted by molar-refractivity contribution is 8.00. The molecule has 3 amide bonds. The summed E-state index contributed by atoms with van der Waals surface area (Å²) in [5.74, 6) is -0.735. The number of amides is 3. The molecule has 1 unspecified atom stereocenters. The van der Waals surface area contributed by atoms with Gasteiger partial charge in [0.25, 0.3) is 11.8 Å². The quantitative estimate of drug-likeness (QED) is 0.0896. The highest BCUT2D eigenvalue weighted by atomic mass is 32.2. The van der Waals surface area contributed by atoms with Crippen LogP contribution >= 0.6 is 23.1 Å². The number of hydrogen-bond acceptors (Lipinski definition) is 6. The largest absolute Gasteiger partial charge is 0.321 e. The van der Waals surface area contributed by atoms with Crippen LogP contribution in [0.1, 0.15) is 60.2 Å². The van der Waals surface area contributed by atoms with Crippen LogP contribution in [0.2, 0.25) is 0 Å². The molecule has 49 heavy (non-hydrogen) atoms. The Balaban J connectivity index is 1.31. The smallest absolute Gasteiger partial charge is 0.272 e. The van der Waals surface area contributed by atoms with Gasteiger partial charge < -0.3 is 16.0 Å². The SMILES string of the molecule is CCC(Sc1cccc(NC(=O)/C(=C\c2ccc(C(C)C)cc2)NC(=O)c2ccccc2)c1)C(=O)Nc1scc(-c2ccccc2)c1C#N. The van der Waals surface area contributed by atoms with Crippen LogP contribution in [-0.2, 0) is 9.59 Å². The van der Waals surface area contributed by atoms with Crippen molar-refractivity contribution >= 4 is 57.6 Å². The summed E-state index contributed by atoms with van der Waals surface area (Å²) in [6.45, 7) is 6.15. The average molecular weight is 685 g/mol. The van der Waals surface area contributed by atoms with E-state index in [1.807, 2.05) is 79.0 Å². The molecule has 246 valence electrons. The van der Waals surface area contributed by atoms with Crippen LogP contribution in [0, 0.1) is 11.3 Å². The molecule has 5 aromatic rings. The zero-order valence-corrected chi connectivity index (χ0v) is 29.0. The molecule has 0 saturated heterocycles. The fraction of sp³-hybridized carbons (Fsp3) is 0.150. The third-order valence-corrected chi connectivity index (χ3v) is 9.95. The zero-order valence-electron chi connectivity index (χ0n) is 27.4. The number of nitrogens with one attached hydrogen (secondary N) is 3. The van der Waals surface area contributed by atoms with Gasteiger partial charge in [0.15, 0.2) is 0 Å². The van der Waals surface area contributed by atoms with Crippen molar-refractivity contribution in [3.63, 3.8) is 0 Å². The fourth-order valence-electron chi connectivity index (χ4n) is 5.00. The molecule has 9 heteroatoms. The van der Waals surface area contributed by atoms with Crippen molar-refractivity contribution < 1.29 is 14.4 Å². The number of hydrogen-bond donors (Lipinski definition) is 3. The second kappa shape index (κ2) is 16.6. The summed E-state index contributed by atoms with van der Waals surface area (Å²) in [7, 11) is 0. The van der Waals surface area contributed by atoms with E-state index in [9.17, 15) is 19.6 Å². The monoisotopic (exact) mass is 684 g/mol. The van der Waals surface area contributed by atoms with Crippen LogP contribution in [0.25, 0.3) is 17.2 Å². The third kappa shape index (κ3) is 9.14. The van der Waals surface area contributed by atoms with Gasteiger partial charge in [-0.1, -0.05) is 99.6 Å². The Morgan fingerprint density at radius 1 is 0.878 bits per heavy atom. The summed E-state index contributed by atoms with van der Waals surface area (Å²) in [5, 5.41) is 20.5. The zero-order chi connectivity index (χ0) is 34.8. The van der Waals surface area contributed by atoms with E-state index in [0.29, 0.717) is 34.2 Å². The summed E-state index contributed by atoms with van der Waals surface area (Å²) in [6, 6.07) is 35.7. The van der Waals surface area contributed by atoms with Gasteiger partial charge in [-0.15, -0.1) is 23.1 Å². The molecule has 0 radical (unpaired) electrons. The topological polar surface area (TPSA) is 111 Å². The molecule has 1 heterocycles. The fourth-order valence-corrected chi connectivity index (χ4v) is 6.94. The third-order valence-electron chi connectivity index (χ3n) is 7.70. The van der Waals surface area contributed by atoms with Crippen molar-refractivity contribution in [2.75, 3.05) is 10.6 Å². The Bertz CT molecular complexity index is 2000. The molecule has 0 spiro atoms. The van der Waals surface area contributed by atoms with Gasteiger partial charge >= 0.3 is 0 Å². The summed E-state index contributed by atoms with van der Waals surface area (Å²) < 4.78 is 0. The highest BCUT2D eigenvalue weighted by Crippen LogP contribution is 2.36. The maximum Gasteiger partial charge on any atom is 0.272 e. The van der Waals surface area contributed by atoms with E-state index in [2.05, 4.69) is 35.9 Å².